The number of hydrogen-bond donors (Lipinski definition) is 2. The molecule has 170 valence electrons. The van der Waals surface area contributed by atoms with Gasteiger partial charge in [0.05, 0.1) is 18.1 Å². The molecule has 4 rings (SSSR count). The Balaban J connectivity index is 1.36. The highest BCUT2D eigenvalue weighted by molar-refractivity contribution is 7.92. The molecule has 1 aliphatic carbocycles. The zero-order valence-electron chi connectivity index (χ0n) is 17.9. The molecule has 1 aliphatic heterocycles. The van der Waals surface area contributed by atoms with Crippen LogP contribution in [0.15, 0.2) is 59.0 Å². The van der Waals surface area contributed by atoms with Gasteiger partial charge in [-0.15, -0.1) is 0 Å². The van der Waals surface area contributed by atoms with E-state index in [-0.39, 0.29) is 10.8 Å². The van der Waals surface area contributed by atoms with Crippen molar-refractivity contribution < 1.29 is 22.7 Å². The predicted molar refractivity (Wildman–Crippen MR) is 123 cm³/mol. The lowest BCUT2D eigenvalue weighted by Gasteiger charge is -2.13. The van der Waals surface area contributed by atoms with Crippen LogP contribution in [0, 0.1) is 0 Å². The maximum absolute atomic E-state index is 12.8. The second-order valence-electron chi connectivity index (χ2n) is 7.96. The molecule has 1 heterocycles. The average molecular weight is 457 g/mol. The Morgan fingerprint density at radius 1 is 0.938 bits per heavy atom. The van der Waals surface area contributed by atoms with Crippen LogP contribution in [0.1, 0.15) is 48.9 Å². The summed E-state index contributed by atoms with van der Waals surface area (Å²) >= 11 is 0. The van der Waals surface area contributed by atoms with Crippen molar-refractivity contribution in [2.75, 3.05) is 24.5 Å². The number of ether oxygens (including phenoxy) is 2. The first-order valence-corrected chi connectivity index (χ1v) is 12.5. The van der Waals surface area contributed by atoms with Gasteiger partial charge in [-0.2, -0.15) is 0 Å². The van der Waals surface area contributed by atoms with Gasteiger partial charge < -0.3 is 14.8 Å². The predicted octanol–water partition coefficient (Wildman–Crippen LogP) is 4.27. The summed E-state index contributed by atoms with van der Waals surface area (Å²) in [5, 5.41) is 2.93. The van der Waals surface area contributed by atoms with E-state index in [0.29, 0.717) is 42.5 Å². The van der Waals surface area contributed by atoms with Crippen LogP contribution in [0.25, 0.3) is 0 Å². The fourth-order valence-corrected chi connectivity index (χ4v) is 4.86. The van der Waals surface area contributed by atoms with Gasteiger partial charge in [-0.05, 0) is 68.5 Å². The van der Waals surface area contributed by atoms with E-state index in [9.17, 15) is 13.2 Å². The topological polar surface area (TPSA) is 93.7 Å². The lowest BCUT2D eigenvalue weighted by molar-refractivity contribution is 0.0954. The number of anilines is 1. The second-order valence-corrected chi connectivity index (χ2v) is 9.64. The van der Waals surface area contributed by atoms with Gasteiger partial charge in [-0.3, -0.25) is 9.52 Å². The third-order valence-corrected chi connectivity index (χ3v) is 6.92. The minimum atomic E-state index is -3.81. The van der Waals surface area contributed by atoms with Gasteiger partial charge in [-0.1, -0.05) is 11.6 Å². The molecule has 0 unspecified atom stereocenters. The van der Waals surface area contributed by atoms with Crippen molar-refractivity contribution in [2.45, 2.75) is 43.4 Å². The van der Waals surface area contributed by atoms with E-state index in [4.69, 9.17) is 9.47 Å². The smallest absolute Gasteiger partial charge is 0.262 e. The van der Waals surface area contributed by atoms with Crippen LogP contribution in [0.4, 0.5) is 5.69 Å². The molecule has 0 atom stereocenters. The van der Waals surface area contributed by atoms with Crippen LogP contribution < -0.4 is 19.5 Å². The van der Waals surface area contributed by atoms with E-state index in [1.165, 1.54) is 30.5 Å². The van der Waals surface area contributed by atoms with Crippen LogP contribution in [0.5, 0.6) is 11.5 Å². The molecule has 0 aromatic heterocycles. The Hall–Kier alpha value is -3.00. The van der Waals surface area contributed by atoms with Crippen LogP contribution in [-0.2, 0) is 10.0 Å². The van der Waals surface area contributed by atoms with Crippen molar-refractivity contribution in [1.82, 2.24) is 5.32 Å². The number of sulfonamides is 1. The fourth-order valence-electron chi connectivity index (χ4n) is 3.78. The summed E-state index contributed by atoms with van der Waals surface area (Å²) in [6, 6.07) is 10.9. The van der Waals surface area contributed by atoms with Crippen molar-refractivity contribution >= 4 is 21.6 Å². The molecule has 0 radical (unpaired) electrons. The van der Waals surface area contributed by atoms with Gasteiger partial charge >= 0.3 is 0 Å². The number of allylic oxidation sites excluding steroid dienone is 1. The molecule has 7 nitrogen and oxygen atoms in total. The number of amides is 1. The standard InChI is InChI=1S/C24H28N2O5S/c27-24(25-14-13-18-5-2-1-3-6-18)19-7-9-20(10-8-19)26-32(28,29)21-11-12-22-23(17-21)31-16-4-15-30-22/h5,7-12,17,26H,1-4,6,13-16H2,(H,25,27). The third kappa shape index (κ3) is 5.62. The maximum atomic E-state index is 12.8. The Bertz CT molecular complexity index is 1090. The van der Waals surface area contributed by atoms with Gasteiger partial charge in [0.25, 0.3) is 15.9 Å². The maximum Gasteiger partial charge on any atom is 0.262 e. The SMILES string of the molecule is O=C(NCCC1=CCCCC1)c1ccc(NS(=O)(=O)c2ccc3c(c2)OCCCO3)cc1. The second kappa shape index (κ2) is 10.1. The molecule has 2 aromatic carbocycles. The highest BCUT2D eigenvalue weighted by Crippen LogP contribution is 2.32. The normalized spacial score (nSPS) is 15.9. The zero-order chi connectivity index (χ0) is 22.4. The van der Waals surface area contributed by atoms with E-state index >= 15 is 0 Å². The molecule has 2 N–H and O–H groups in total. The van der Waals surface area contributed by atoms with Gasteiger partial charge in [0.1, 0.15) is 0 Å². The first-order valence-electron chi connectivity index (χ1n) is 11.0. The molecule has 32 heavy (non-hydrogen) atoms. The summed E-state index contributed by atoms with van der Waals surface area (Å²) in [6.45, 7) is 1.61. The molecular formula is C24H28N2O5S. The third-order valence-electron chi connectivity index (χ3n) is 5.55. The zero-order valence-corrected chi connectivity index (χ0v) is 18.7. The lowest BCUT2D eigenvalue weighted by Crippen LogP contribution is -2.24. The van der Waals surface area contributed by atoms with Crippen LogP contribution in [0.2, 0.25) is 0 Å². The van der Waals surface area contributed by atoms with Gasteiger partial charge in [0.15, 0.2) is 11.5 Å². The van der Waals surface area contributed by atoms with Crippen LogP contribution in [-0.4, -0.2) is 34.1 Å². The average Bonchev–Trinajstić information content (AvgIpc) is 3.05. The number of fused-ring (bicyclic) bond motifs is 1. The largest absolute Gasteiger partial charge is 0.490 e. The monoisotopic (exact) mass is 456 g/mol. The van der Waals surface area contributed by atoms with Crippen molar-refractivity contribution in [3.8, 4) is 11.5 Å². The van der Waals surface area contributed by atoms with Crippen molar-refractivity contribution in [1.29, 1.82) is 0 Å². The van der Waals surface area contributed by atoms with Crippen molar-refractivity contribution in [3.05, 3.63) is 59.7 Å². The summed E-state index contributed by atoms with van der Waals surface area (Å²) in [6.07, 6.45) is 8.62. The summed E-state index contributed by atoms with van der Waals surface area (Å²) in [7, 11) is -3.81. The molecule has 8 heteroatoms. The highest BCUT2D eigenvalue weighted by Gasteiger charge is 2.19. The molecule has 0 saturated heterocycles. The summed E-state index contributed by atoms with van der Waals surface area (Å²) in [5.41, 5.74) is 2.28. The van der Waals surface area contributed by atoms with Crippen molar-refractivity contribution in [2.24, 2.45) is 0 Å². The number of nitrogens with one attached hydrogen (secondary N) is 2. The van der Waals surface area contributed by atoms with E-state index in [0.717, 1.165) is 25.7 Å². The van der Waals surface area contributed by atoms with Gasteiger partial charge in [0.2, 0.25) is 0 Å². The molecule has 1 amide bonds. The Morgan fingerprint density at radius 3 is 2.47 bits per heavy atom. The molecule has 2 aromatic rings. The minimum absolute atomic E-state index is 0.0839. The molecule has 0 saturated carbocycles. The minimum Gasteiger partial charge on any atom is -0.490 e. The first-order chi connectivity index (χ1) is 15.5. The number of hydrogen-bond acceptors (Lipinski definition) is 5. The number of carbonyl (C=O) groups is 1. The van der Waals surface area contributed by atoms with E-state index in [1.807, 2.05) is 0 Å². The summed E-state index contributed by atoms with van der Waals surface area (Å²) in [5.74, 6) is 0.789. The first kappa shape index (κ1) is 22.2. The molecule has 0 bridgehead atoms. The van der Waals surface area contributed by atoms with E-state index in [2.05, 4.69) is 16.1 Å². The van der Waals surface area contributed by atoms with E-state index < -0.39 is 10.0 Å². The Labute approximate surface area is 188 Å². The number of benzene rings is 2. The van der Waals surface area contributed by atoms with Gasteiger partial charge in [0, 0.05) is 30.3 Å². The fraction of sp³-hybridized carbons (Fsp3) is 0.375. The highest BCUT2D eigenvalue weighted by atomic mass is 32.2. The van der Waals surface area contributed by atoms with Crippen LogP contribution >= 0.6 is 0 Å². The molecule has 0 fully saturated rings. The Morgan fingerprint density at radius 2 is 1.72 bits per heavy atom. The summed E-state index contributed by atoms with van der Waals surface area (Å²) < 4.78 is 39.3. The van der Waals surface area contributed by atoms with Crippen molar-refractivity contribution in [3.63, 3.8) is 0 Å². The van der Waals surface area contributed by atoms with Crippen LogP contribution in [0.3, 0.4) is 0 Å². The Kier molecular flexibility index (Phi) is 6.99. The number of rotatable bonds is 7. The van der Waals surface area contributed by atoms with E-state index in [1.54, 1.807) is 30.3 Å². The number of carbonyl (C=O) groups excluding carboxylic acids is 1. The summed E-state index contributed by atoms with van der Waals surface area (Å²) in [4.78, 5) is 12.5. The lowest BCUT2D eigenvalue weighted by atomic mass is 9.97. The molecule has 2 aliphatic rings. The quantitative estimate of drug-likeness (QED) is 0.607. The van der Waals surface area contributed by atoms with Gasteiger partial charge in [-0.25, -0.2) is 8.42 Å². The molecular weight excluding hydrogens is 428 g/mol. The molecule has 0 spiro atoms.